The van der Waals surface area contributed by atoms with E-state index in [1.54, 1.807) is 0 Å². The van der Waals surface area contributed by atoms with Crippen molar-refractivity contribution in [2.24, 2.45) is 0 Å². The average Bonchev–Trinajstić information content (AvgIpc) is 2.10. The molecule has 1 atom stereocenters. The van der Waals surface area contributed by atoms with Gasteiger partial charge in [-0.25, -0.2) is 4.31 Å². The summed E-state index contributed by atoms with van der Waals surface area (Å²) >= 11 is 5.31. The van der Waals surface area contributed by atoms with Gasteiger partial charge in [0.15, 0.2) is 0 Å². The molecule has 0 bridgehead atoms. The zero-order chi connectivity index (χ0) is 8.97. The number of hydrogen-bond donors (Lipinski definition) is 0. The number of rotatable bonds is 3. The third-order valence-electron chi connectivity index (χ3n) is 2.66. The standard InChI is InChI=1S/C9H19N2S.2FH/c1-3-10(4-2)9-7-5-6-8-11(9)12;;/h9H,3-8H2,1-2H3;2*1H. The van der Waals surface area contributed by atoms with Crippen LogP contribution in [0.15, 0.2) is 0 Å². The second-order valence-corrected chi connectivity index (χ2v) is 3.81. The molecule has 87 valence electrons. The van der Waals surface area contributed by atoms with Crippen molar-refractivity contribution >= 4 is 12.8 Å². The van der Waals surface area contributed by atoms with E-state index in [4.69, 9.17) is 12.8 Å². The summed E-state index contributed by atoms with van der Waals surface area (Å²) in [5.74, 6) is 0. The number of piperidine rings is 1. The molecule has 0 N–H and O–H groups in total. The van der Waals surface area contributed by atoms with Crippen LogP contribution >= 0.6 is 12.8 Å². The van der Waals surface area contributed by atoms with E-state index >= 15 is 0 Å². The summed E-state index contributed by atoms with van der Waals surface area (Å²) in [6.07, 6.45) is 4.41. The third-order valence-corrected chi connectivity index (χ3v) is 3.08. The molecular weight excluding hydrogens is 206 g/mol. The highest BCUT2D eigenvalue weighted by molar-refractivity contribution is 7.77. The van der Waals surface area contributed by atoms with E-state index in [0.717, 1.165) is 19.6 Å². The second-order valence-electron chi connectivity index (χ2n) is 3.34. The van der Waals surface area contributed by atoms with Crippen molar-refractivity contribution in [1.29, 1.82) is 0 Å². The van der Waals surface area contributed by atoms with Crippen molar-refractivity contribution in [1.82, 2.24) is 9.21 Å². The van der Waals surface area contributed by atoms with Crippen molar-refractivity contribution in [3.8, 4) is 0 Å². The van der Waals surface area contributed by atoms with Crippen LogP contribution in [0.2, 0.25) is 0 Å². The van der Waals surface area contributed by atoms with Gasteiger partial charge in [-0.2, -0.15) is 0 Å². The predicted molar refractivity (Wildman–Crippen MR) is 59.9 cm³/mol. The van der Waals surface area contributed by atoms with Crippen LogP contribution in [0.25, 0.3) is 0 Å². The molecule has 1 rings (SSSR count). The molecule has 2 nitrogen and oxygen atoms in total. The van der Waals surface area contributed by atoms with Crippen LogP contribution in [0, 0.1) is 0 Å². The Hall–Kier alpha value is 0.130. The van der Waals surface area contributed by atoms with Gasteiger partial charge in [-0.3, -0.25) is 14.3 Å². The maximum absolute atomic E-state index is 5.31. The fourth-order valence-electron chi connectivity index (χ4n) is 1.90. The Morgan fingerprint density at radius 3 is 2.21 bits per heavy atom. The van der Waals surface area contributed by atoms with Gasteiger partial charge in [-0.15, -0.1) is 0 Å². The molecule has 0 aliphatic carbocycles. The molecule has 0 aromatic rings. The molecule has 0 saturated carbocycles. The number of nitrogens with zero attached hydrogens (tertiary/aromatic N) is 2. The summed E-state index contributed by atoms with van der Waals surface area (Å²) in [6, 6.07) is 0. The molecule has 1 saturated heterocycles. The van der Waals surface area contributed by atoms with Gasteiger partial charge in [-0.05, 0) is 32.4 Å². The summed E-state index contributed by atoms with van der Waals surface area (Å²) in [5, 5.41) is 0. The normalized spacial score (nSPS) is 22.7. The van der Waals surface area contributed by atoms with Gasteiger partial charge in [0.2, 0.25) is 0 Å². The smallest absolute Gasteiger partial charge is 0.0729 e. The molecule has 1 heterocycles. The first-order valence-electron chi connectivity index (χ1n) is 4.97. The summed E-state index contributed by atoms with van der Waals surface area (Å²) in [4.78, 5) is 2.45. The Morgan fingerprint density at radius 1 is 1.21 bits per heavy atom. The van der Waals surface area contributed by atoms with E-state index in [-0.39, 0.29) is 9.41 Å². The largest absolute Gasteiger partial charge is 0.288 e. The molecule has 0 spiro atoms. The fourth-order valence-corrected chi connectivity index (χ4v) is 2.27. The molecule has 14 heavy (non-hydrogen) atoms. The molecule has 0 aromatic carbocycles. The molecule has 1 unspecified atom stereocenters. The highest BCUT2D eigenvalue weighted by atomic mass is 32.1. The lowest BCUT2D eigenvalue weighted by atomic mass is 10.1. The van der Waals surface area contributed by atoms with Crippen LogP contribution in [0.3, 0.4) is 0 Å². The van der Waals surface area contributed by atoms with E-state index in [1.165, 1.54) is 19.3 Å². The Bertz CT molecular complexity index is 134. The SMILES string of the molecule is CCN(CC)C1CCCCN1[S].F.F. The second kappa shape index (κ2) is 8.44. The van der Waals surface area contributed by atoms with Crippen molar-refractivity contribution in [3.63, 3.8) is 0 Å². The Kier molecular flexibility index (Phi) is 9.98. The van der Waals surface area contributed by atoms with Gasteiger partial charge in [0, 0.05) is 19.4 Å². The fraction of sp³-hybridized carbons (Fsp3) is 1.00. The molecule has 5 heteroatoms. The molecular formula is C9H21F2N2S. The Morgan fingerprint density at radius 2 is 1.79 bits per heavy atom. The molecule has 0 amide bonds. The number of halogens is 2. The van der Waals surface area contributed by atoms with Crippen LogP contribution in [-0.4, -0.2) is 35.0 Å². The van der Waals surface area contributed by atoms with E-state index < -0.39 is 0 Å². The lowest BCUT2D eigenvalue weighted by Crippen LogP contribution is -2.46. The van der Waals surface area contributed by atoms with E-state index in [9.17, 15) is 0 Å². The van der Waals surface area contributed by atoms with E-state index in [1.807, 2.05) is 0 Å². The third kappa shape index (κ3) is 4.11. The first kappa shape index (κ1) is 16.6. The zero-order valence-corrected chi connectivity index (χ0v) is 9.76. The Labute approximate surface area is 90.9 Å². The van der Waals surface area contributed by atoms with Gasteiger partial charge >= 0.3 is 0 Å². The van der Waals surface area contributed by atoms with E-state index in [2.05, 4.69) is 23.1 Å². The highest BCUT2D eigenvalue weighted by Crippen LogP contribution is 2.21. The summed E-state index contributed by atoms with van der Waals surface area (Å²) < 4.78 is 2.08. The van der Waals surface area contributed by atoms with Crippen molar-refractivity contribution in [2.75, 3.05) is 19.6 Å². The van der Waals surface area contributed by atoms with Crippen LogP contribution in [0.1, 0.15) is 33.1 Å². The lowest BCUT2D eigenvalue weighted by Gasteiger charge is -2.38. The lowest BCUT2D eigenvalue weighted by molar-refractivity contribution is 0.0887. The van der Waals surface area contributed by atoms with Crippen molar-refractivity contribution in [2.45, 2.75) is 39.3 Å². The average molecular weight is 227 g/mol. The Balaban J connectivity index is 0. The quantitative estimate of drug-likeness (QED) is 0.731. The first-order chi connectivity index (χ1) is 5.79. The minimum Gasteiger partial charge on any atom is -0.288 e. The highest BCUT2D eigenvalue weighted by Gasteiger charge is 2.24. The topological polar surface area (TPSA) is 6.48 Å². The maximum atomic E-state index is 5.31. The van der Waals surface area contributed by atoms with Crippen LogP contribution in [-0.2, 0) is 0 Å². The van der Waals surface area contributed by atoms with Gasteiger partial charge in [0.25, 0.3) is 0 Å². The minimum atomic E-state index is 0. The van der Waals surface area contributed by atoms with Crippen molar-refractivity contribution < 1.29 is 9.41 Å². The predicted octanol–water partition coefficient (Wildman–Crippen LogP) is 2.56. The zero-order valence-electron chi connectivity index (χ0n) is 8.94. The van der Waals surface area contributed by atoms with Gasteiger partial charge in [-0.1, -0.05) is 13.8 Å². The van der Waals surface area contributed by atoms with Gasteiger partial charge in [0.05, 0.1) is 6.17 Å². The molecule has 1 fully saturated rings. The van der Waals surface area contributed by atoms with Crippen LogP contribution in [0.4, 0.5) is 9.41 Å². The summed E-state index contributed by atoms with van der Waals surface area (Å²) in [6.45, 7) is 7.75. The van der Waals surface area contributed by atoms with Gasteiger partial charge in [0.1, 0.15) is 0 Å². The van der Waals surface area contributed by atoms with E-state index in [0.29, 0.717) is 6.17 Å². The summed E-state index contributed by atoms with van der Waals surface area (Å²) in [7, 11) is 0. The van der Waals surface area contributed by atoms with Crippen LogP contribution < -0.4 is 0 Å². The van der Waals surface area contributed by atoms with Gasteiger partial charge < -0.3 is 0 Å². The monoisotopic (exact) mass is 227 g/mol. The molecule has 1 aliphatic rings. The molecule has 1 radical (unpaired) electrons. The summed E-state index contributed by atoms with van der Waals surface area (Å²) in [5.41, 5.74) is 0. The molecule has 1 aliphatic heterocycles. The molecule has 0 aromatic heterocycles. The maximum Gasteiger partial charge on any atom is 0.0729 e. The minimum absolute atomic E-state index is 0. The van der Waals surface area contributed by atoms with Crippen molar-refractivity contribution in [3.05, 3.63) is 0 Å². The number of hydrogen-bond acceptors (Lipinski definition) is 2. The first-order valence-corrected chi connectivity index (χ1v) is 5.34. The van der Waals surface area contributed by atoms with Crippen LogP contribution in [0.5, 0.6) is 0 Å².